The van der Waals surface area contributed by atoms with Crippen LogP contribution < -0.4 is 0 Å². The highest BCUT2D eigenvalue weighted by atomic mass is 32.2. The van der Waals surface area contributed by atoms with Gasteiger partial charge in [-0.2, -0.15) is 0 Å². The quantitative estimate of drug-likeness (QED) is 0.783. The second-order valence-electron chi connectivity index (χ2n) is 3.96. The summed E-state index contributed by atoms with van der Waals surface area (Å²) in [6, 6.07) is 6.94. The Balaban J connectivity index is 2.83. The van der Waals surface area contributed by atoms with Crippen LogP contribution in [0.3, 0.4) is 0 Å². The average Bonchev–Trinajstić information content (AvgIpc) is 2.67. The van der Waals surface area contributed by atoms with Crippen LogP contribution in [0.4, 0.5) is 0 Å². The number of hydrogen-bond acceptors (Lipinski definition) is 4. The van der Waals surface area contributed by atoms with Gasteiger partial charge in [-0.1, -0.05) is 19.1 Å². The Morgan fingerprint density at radius 2 is 2.06 bits per heavy atom. The molecule has 2 rings (SSSR count). The Morgan fingerprint density at radius 3 is 2.65 bits per heavy atom. The van der Waals surface area contributed by atoms with Crippen molar-refractivity contribution in [2.75, 3.05) is 0 Å². The molecule has 0 radical (unpaired) electrons. The fourth-order valence-electron chi connectivity index (χ4n) is 1.81. The minimum Gasteiger partial charge on any atom is -0.742 e. The van der Waals surface area contributed by atoms with Crippen molar-refractivity contribution in [3.05, 3.63) is 24.3 Å². The van der Waals surface area contributed by atoms with Crippen molar-refractivity contribution in [2.45, 2.75) is 31.5 Å². The molecule has 1 atom stereocenters. The zero-order valence-corrected chi connectivity index (χ0v) is 10.4. The van der Waals surface area contributed by atoms with Crippen LogP contribution in [0.15, 0.2) is 29.4 Å². The topological polar surface area (TPSA) is 75.0 Å². The molecule has 0 N–H and O–H groups in total. The minimum atomic E-state index is -4.55. The van der Waals surface area contributed by atoms with Gasteiger partial charge in [-0.15, -0.1) is 0 Å². The van der Waals surface area contributed by atoms with Gasteiger partial charge in [0.1, 0.15) is 0 Å². The predicted molar refractivity (Wildman–Crippen MR) is 62.7 cm³/mol. The highest BCUT2D eigenvalue weighted by molar-refractivity contribution is 7.85. The number of fused-ring (bicyclic) bond motifs is 1. The van der Waals surface area contributed by atoms with E-state index in [9.17, 15) is 13.0 Å². The molecule has 5 nitrogen and oxygen atoms in total. The van der Waals surface area contributed by atoms with E-state index in [1.807, 2.05) is 13.8 Å². The Labute approximate surface area is 99.8 Å². The van der Waals surface area contributed by atoms with Crippen LogP contribution in [0.25, 0.3) is 11.0 Å². The molecule has 1 aromatic carbocycles. The summed E-state index contributed by atoms with van der Waals surface area (Å²) in [5.74, 6) is 0. The second kappa shape index (κ2) is 4.12. The SMILES string of the molecule is CC[C@@H](C)n1c(S(=O)(=O)[O-])nc2ccccc21. The third-order valence-corrected chi connectivity index (χ3v) is 3.55. The molecular weight excluding hydrogens is 240 g/mol. The van der Waals surface area contributed by atoms with Crippen molar-refractivity contribution < 1.29 is 13.0 Å². The number of nitrogens with zero attached hydrogens (tertiary/aromatic N) is 2. The van der Waals surface area contributed by atoms with E-state index in [1.165, 1.54) is 4.57 Å². The van der Waals surface area contributed by atoms with E-state index in [1.54, 1.807) is 24.3 Å². The third kappa shape index (κ3) is 2.05. The smallest absolute Gasteiger partial charge is 0.216 e. The van der Waals surface area contributed by atoms with Crippen molar-refractivity contribution in [3.63, 3.8) is 0 Å². The lowest BCUT2D eigenvalue weighted by Crippen LogP contribution is -2.13. The summed E-state index contributed by atoms with van der Waals surface area (Å²) in [4.78, 5) is 3.92. The van der Waals surface area contributed by atoms with Crippen LogP contribution in [0.2, 0.25) is 0 Å². The summed E-state index contributed by atoms with van der Waals surface area (Å²) in [6.45, 7) is 3.80. The monoisotopic (exact) mass is 253 g/mol. The minimum absolute atomic E-state index is 0.0823. The first-order valence-corrected chi connectivity index (χ1v) is 6.79. The van der Waals surface area contributed by atoms with Gasteiger partial charge in [-0.05, 0) is 25.5 Å². The summed E-state index contributed by atoms with van der Waals surface area (Å²) in [5.41, 5.74) is 1.21. The molecule has 0 spiro atoms. The number of aromatic nitrogens is 2. The molecule has 1 heterocycles. The Morgan fingerprint density at radius 1 is 1.41 bits per heavy atom. The molecule has 0 bridgehead atoms. The molecule has 17 heavy (non-hydrogen) atoms. The lowest BCUT2D eigenvalue weighted by atomic mass is 10.2. The molecule has 2 aromatic rings. The molecule has 1 aromatic heterocycles. The fourth-order valence-corrected chi connectivity index (χ4v) is 2.54. The van der Waals surface area contributed by atoms with E-state index in [0.717, 1.165) is 6.42 Å². The van der Waals surface area contributed by atoms with Gasteiger partial charge in [0.05, 0.1) is 11.0 Å². The van der Waals surface area contributed by atoms with Gasteiger partial charge in [-0.3, -0.25) is 0 Å². The predicted octanol–water partition coefficient (Wildman–Crippen LogP) is 1.91. The first-order chi connectivity index (χ1) is 7.95. The van der Waals surface area contributed by atoms with Gasteiger partial charge >= 0.3 is 0 Å². The Bertz CT molecular complexity index is 646. The van der Waals surface area contributed by atoms with Crippen molar-refractivity contribution in [3.8, 4) is 0 Å². The number of benzene rings is 1. The van der Waals surface area contributed by atoms with Gasteiger partial charge in [0.15, 0.2) is 10.1 Å². The first kappa shape index (κ1) is 12.1. The Hall–Kier alpha value is -1.40. The van der Waals surface area contributed by atoms with Crippen LogP contribution >= 0.6 is 0 Å². The molecule has 0 amide bonds. The van der Waals surface area contributed by atoms with Crippen LogP contribution in [0.1, 0.15) is 26.3 Å². The molecule has 0 saturated heterocycles. The van der Waals surface area contributed by atoms with Gasteiger partial charge in [-0.25, -0.2) is 13.4 Å². The molecule has 0 aliphatic rings. The first-order valence-electron chi connectivity index (χ1n) is 5.38. The molecule has 6 heteroatoms. The van der Waals surface area contributed by atoms with Gasteiger partial charge in [0.2, 0.25) is 5.16 Å². The average molecular weight is 253 g/mol. The summed E-state index contributed by atoms with van der Waals surface area (Å²) < 4.78 is 35.1. The van der Waals surface area contributed by atoms with E-state index < -0.39 is 15.3 Å². The number of hydrogen-bond donors (Lipinski definition) is 0. The van der Waals surface area contributed by atoms with E-state index >= 15 is 0 Å². The van der Waals surface area contributed by atoms with Crippen LogP contribution in [0.5, 0.6) is 0 Å². The van der Waals surface area contributed by atoms with E-state index in [0.29, 0.717) is 11.0 Å². The third-order valence-electron chi connectivity index (χ3n) is 2.82. The van der Waals surface area contributed by atoms with E-state index in [2.05, 4.69) is 4.98 Å². The van der Waals surface area contributed by atoms with Crippen molar-refractivity contribution in [1.82, 2.24) is 9.55 Å². The maximum atomic E-state index is 11.2. The zero-order chi connectivity index (χ0) is 12.6. The molecule has 92 valence electrons. The Kier molecular flexibility index (Phi) is 2.92. The van der Waals surface area contributed by atoms with Crippen LogP contribution in [0, 0.1) is 0 Å². The van der Waals surface area contributed by atoms with Crippen molar-refractivity contribution in [1.29, 1.82) is 0 Å². The molecule has 0 fully saturated rings. The number of imidazole rings is 1. The van der Waals surface area contributed by atoms with E-state index in [-0.39, 0.29) is 6.04 Å². The highest BCUT2D eigenvalue weighted by Gasteiger charge is 2.18. The summed E-state index contributed by atoms with van der Waals surface area (Å²) >= 11 is 0. The van der Waals surface area contributed by atoms with Gasteiger partial charge < -0.3 is 9.12 Å². The molecule has 0 saturated carbocycles. The summed E-state index contributed by atoms with van der Waals surface area (Å²) in [7, 11) is -4.55. The number of rotatable bonds is 3. The van der Waals surface area contributed by atoms with Gasteiger partial charge in [0, 0.05) is 6.04 Å². The second-order valence-corrected chi connectivity index (χ2v) is 5.24. The molecule has 0 aliphatic heterocycles. The zero-order valence-electron chi connectivity index (χ0n) is 9.62. The maximum Gasteiger partial charge on any atom is 0.216 e. The largest absolute Gasteiger partial charge is 0.742 e. The molecular formula is C11H13N2O3S-. The lowest BCUT2D eigenvalue weighted by Gasteiger charge is -2.16. The van der Waals surface area contributed by atoms with E-state index in [4.69, 9.17) is 0 Å². The van der Waals surface area contributed by atoms with Crippen LogP contribution in [-0.2, 0) is 10.1 Å². The standard InChI is InChI=1S/C11H14N2O3S/c1-3-8(2)13-10-7-5-4-6-9(10)12-11(13)17(14,15)16/h4-8H,3H2,1-2H3,(H,14,15,16)/p-1/t8-/m1/s1. The maximum absolute atomic E-state index is 11.2. The fraction of sp³-hybridized carbons (Fsp3) is 0.364. The normalized spacial score (nSPS) is 14.1. The highest BCUT2D eigenvalue weighted by Crippen LogP contribution is 2.25. The molecule has 0 unspecified atom stereocenters. The lowest BCUT2D eigenvalue weighted by molar-refractivity contribution is 0.429. The summed E-state index contributed by atoms with van der Waals surface area (Å²) in [6.07, 6.45) is 0.725. The number of para-hydroxylation sites is 2. The van der Waals surface area contributed by atoms with Crippen LogP contribution in [-0.4, -0.2) is 22.5 Å². The van der Waals surface area contributed by atoms with Crippen molar-refractivity contribution in [2.24, 2.45) is 0 Å². The summed E-state index contributed by atoms with van der Waals surface area (Å²) in [5, 5.41) is -0.395. The molecule has 0 aliphatic carbocycles. The van der Waals surface area contributed by atoms with Gasteiger partial charge in [0.25, 0.3) is 0 Å². The van der Waals surface area contributed by atoms with Crippen molar-refractivity contribution >= 4 is 21.2 Å².